The van der Waals surface area contributed by atoms with E-state index in [4.69, 9.17) is 15.9 Å². The van der Waals surface area contributed by atoms with E-state index in [1.54, 1.807) is 0 Å². The molecule has 0 aromatic heterocycles. The lowest BCUT2D eigenvalue weighted by Crippen LogP contribution is -2.56. The molecule has 148 valence electrons. The number of hydrogen-bond donors (Lipinski definition) is 6. The second-order valence-electron chi connectivity index (χ2n) is 6.18. The molecule has 3 atom stereocenters. The molecule has 0 bridgehead atoms. The summed E-state index contributed by atoms with van der Waals surface area (Å²) in [6, 6.07) is -3.77. The second kappa shape index (κ2) is 11.0. The third kappa shape index (κ3) is 8.97. The molecule has 0 fully saturated rings. The number of aliphatic carboxylic acids is 2. The van der Waals surface area contributed by atoms with Gasteiger partial charge in [-0.2, -0.15) is 0 Å². The molecule has 11 heteroatoms. The molecule has 0 radical (unpaired) electrons. The van der Waals surface area contributed by atoms with Gasteiger partial charge in [0.2, 0.25) is 17.7 Å². The third-order valence-electron chi connectivity index (χ3n) is 3.29. The number of rotatable bonds is 11. The summed E-state index contributed by atoms with van der Waals surface area (Å²) in [6.07, 6.45) is -0.506. The van der Waals surface area contributed by atoms with E-state index in [2.05, 4.69) is 16.0 Å². The van der Waals surface area contributed by atoms with Gasteiger partial charge in [-0.05, 0) is 19.3 Å². The molecule has 0 spiro atoms. The number of carbonyl (C=O) groups is 5. The summed E-state index contributed by atoms with van der Waals surface area (Å²) < 4.78 is 0. The van der Waals surface area contributed by atoms with Crippen molar-refractivity contribution < 1.29 is 34.2 Å². The van der Waals surface area contributed by atoms with E-state index in [1.807, 2.05) is 13.8 Å². The highest BCUT2D eigenvalue weighted by atomic mass is 16.4. The predicted molar refractivity (Wildman–Crippen MR) is 89.9 cm³/mol. The Hall–Kier alpha value is -2.69. The third-order valence-corrected chi connectivity index (χ3v) is 3.29. The van der Waals surface area contributed by atoms with Gasteiger partial charge >= 0.3 is 11.9 Å². The highest BCUT2D eigenvalue weighted by molar-refractivity contribution is 5.95. The van der Waals surface area contributed by atoms with Crippen LogP contribution in [0, 0.1) is 5.92 Å². The molecule has 0 heterocycles. The van der Waals surface area contributed by atoms with Crippen LogP contribution in [0.3, 0.4) is 0 Å². The van der Waals surface area contributed by atoms with Crippen molar-refractivity contribution in [2.45, 2.75) is 51.7 Å². The Morgan fingerprint density at radius 3 is 1.85 bits per heavy atom. The molecule has 0 aliphatic carbocycles. The van der Waals surface area contributed by atoms with Gasteiger partial charge in [-0.25, -0.2) is 0 Å². The Kier molecular flexibility index (Phi) is 9.89. The molecule has 11 nitrogen and oxygen atoms in total. The lowest BCUT2D eigenvalue weighted by Gasteiger charge is -2.24. The van der Waals surface area contributed by atoms with E-state index in [0.29, 0.717) is 0 Å². The number of carboxylic acid groups (broad SMARTS) is 2. The monoisotopic (exact) mass is 374 g/mol. The fourth-order valence-electron chi connectivity index (χ4n) is 1.99. The molecule has 0 aromatic carbocycles. The minimum absolute atomic E-state index is 0.0163. The largest absolute Gasteiger partial charge is 0.481 e. The summed E-state index contributed by atoms with van der Waals surface area (Å²) in [7, 11) is 0. The number of carboxylic acids is 2. The van der Waals surface area contributed by atoms with Gasteiger partial charge in [-0.3, -0.25) is 24.0 Å². The maximum atomic E-state index is 12.4. The van der Waals surface area contributed by atoms with Crippen LogP contribution >= 0.6 is 0 Å². The number of hydrogen-bond acceptors (Lipinski definition) is 6. The van der Waals surface area contributed by atoms with Gasteiger partial charge in [0.05, 0.1) is 13.0 Å². The van der Waals surface area contributed by atoms with Gasteiger partial charge in [0.1, 0.15) is 18.1 Å². The summed E-state index contributed by atoms with van der Waals surface area (Å²) in [5.41, 5.74) is 5.21. The molecule has 0 aromatic rings. The Labute approximate surface area is 150 Å². The van der Waals surface area contributed by atoms with Crippen molar-refractivity contribution in [2.24, 2.45) is 11.7 Å². The van der Waals surface area contributed by atoms with Crippen molar-refractivity contribution in [3.63, 3.8) is 0 Å². The van der Waals surface area contributed by atoms with Gasteiger partial charge in [-0.1, -0.05) is 13.8 Å². The molecule has 0 saturated carbocycles. The number of nitrogens with one attached hydrogen (secondary N) is 3. The van der Waals surface area contributed by atoms with Crippen LogP contribution in [0.4, 0.5) is 0 Å². The number of carbonyl (C=O) groups excluding carboxylic acids is 3. The average molecular weight is 374 g/mol. The molecule has 0 aliphatic rings. The minimum Gasteiger partial charge on any atom is -0.481 e. The fraction of sp³-hybridized carbons (Fsp3) is 0.667. The molecule has 3 amide bonds. The second-order valence-corrected chi connectivity index (χ2v) is 6.18. The van der Waals surface area contributed by atoms with Gasteiger partial charge < -0.3 is 31.9 Å². The van der Waals surface area contributed by atoms with E-state index < -0.39 is 54.2 Å². The predicted octanol–water partition coefficient (Wildman–Crippen LogP) is -1.98. The Balaban J connectivity index is 5.21. The summed E-state index contributed by atoms with van der Waals surface area (Å²) in [4.78, 5) is 57.7. The van der Waals surface area contributed by atoms with E-state index in [1.165, 1.54) is 6.92 Å². The zero-order chi connectivity index (χ0) is 20.4. The lowest BCUT2D eigenvalue weighted by atomic mass is 10.0. The zero-order valence-electron chi connectivity index (χ0n) is 14.9. The SMILES string of the molecule is CC(C)CC(NC(=O)CN)C(=O)NC(CC(=O)O)C(=O)NC(C)C(=O)O. The first-order valence-corrected chi connectivity index (χ1v) is 8.02. The quantitative estimate of drug-likeness (QED) is 0.240. The summed E-state index contributed by atoms with van der Waals surface area (Å²) >= 11 is 0. The summed E-state index contributed by atoms with van der Waals surface area (Å²) in [5, 5.41) is 24.5. The van der Waals surface area contributed by atoms with Crippen LogP contribution in [0.1, 0.15) is 33.6 Å². The molecule has 7 N–H and O–H groups in total. The molecular weight excluding hydrogens is 348 g/mol. The molecular formula is C15H26N4O7. The highest BCUT2D eigenvalue weighted by Crippen LogP contribution is 2.06. The number of amides is 3. The van der Waals surface area contributed by atoms with Crippen molar-refractivity contribution in [3.05, 3.63) is 0 Å². The van der Waals surface area contributed by atoms with Gasteiger partial charge in [0, 0.05) is 0 Å². The smallest absolute Gasteiger partial charge is 0.325 e. The van der Waals surface area contributed by atoms with Crippen LogP contribution in [0.15, 0.2) is 0 Å². The van der Waals surface area contributed by atoms with Gasteiger partial charge in [0.15, 0.2) is 0 Å². The van der Waals surface area contributed by atoms with Crippen molar-refractivity contribution >= 4 is 29.7 Å². The normalized spacial score (nSPS) is 14.0. The van der Waals surface area contributed by atoms with Crippen LogP contribution in [-0.2, 0) is 24.0 Å². The van der Waals surface area contributed by atoms with Crippen molar-refractivity contribution in [2.75, 3.05) is 6.54 Å². The first-order valence-electron chi connectivity index (χ1n) is 8.02. The van der Waals surface area contributed by atoms with Crippen molar-refractivity contribution in [1.29, 1.82) is 0 Å². The summed E-state index contributed by atoms with van der Waals surface area (Å²) in [5.74, 6) is -4.95. The van der Waals surface area contributed by atoms with Crippen LogP contribution < -0.4 is 21.7 Å². The van der Waals surface area contributed by atoms with E-state index in [-0.39, 0.29) is 18.9 Å². The van der Waals surface area contributed by atoms with E-state index in [0.717, 1.165) is 0 Å². The molecule has 0 aliphatic heterocycles. The minimum atomic E-state index is -1.49. The first-order chi connectivity index (χ1) is 12.0. The number of nitrogens with two attached hydrogens (primary N) is 1. The Morgan fingerprint density at radius 2 is 1.42 bits per heavy atom. The van der Waals surface area contributed by atoms with Crippen LogP contribution in [0.5, 0.6) is 0 Å². The van der Waals surface area contributed by atoms with Crippen molar-refractivity contribution in [1.82, 2.24) is 16.0 Å². The summed E-state index contributed by atoms with van der Waals surface area (Å²) in [6.45, 7) is 4.48. The van der Waals surface area contributed by atoms with Gasteiger partial charge in [-0.15, -0.1) is 0 Å². The molecule has 3 unspecified atom stereocenters. The average Bonchev–Trinajstić information content (AvgIpc) is 2.52. The zero-order valence-corrected chi connectivity index (χ0v) is 14.9. The molecule has 26 heavy (non-hydrogen) atoms. The first kappa shape index (κ1) is 23.3. The molecule has 0 rings (SSSR count). The van der Waals surface area contributed by atoms with Crippen LogP contribution in [0.2, 0.25) is 0 Å². The standard InChI is InChI=1S/C15H26N4O7/c1-7(2)4-9(18-11(20)6-16)14(24)19-10(5-12(21)22)13(23)17-8(3)15(25)26/h7-10H,4-6,16H2,1-3H3,(H,17,23)(H,18,20)(H,19,24)(H,21,22)(H,25,26). The Morgan fingerprint density at radius 1 is 0.885 bits per heavy atom. The van der Waals surface area contributed by atoms with E-state index in [9.17, 15) is 24.0 Å². The highest BCUT2D eigenvalue weighted by Gasteiger charge is 2.30. The van der Waals surface area contributed by atoms with Crippen LogP contribution in [0.25, 0.3) is 0 Å². The molecule has 0 saturated heterocycles. The van der Waals surface area contributed by atoms with Gasteiger partial charge in [0.25, 0.3) is 0 Å². The Bertz CT molecular complexity index is 550. The maximum Gasteiger partial charge on any atom is 0.325 e. The lowest BCUT2D eigenvalue weighted by molar-refractivity contribution is -0.143. The fourth-order valence-corrected chi connectivity index (χ4v) is 1.99. The van der Waals surface area contributed by atoms with Crippen molar-refractivity contribution in [3.8, 4) is 0 Å². The maximum absolute atomic E-state index is 12.4. The topological polar surface area (TPSA) is 188 Å². The van der Waals surface area contributed by atoms with E-state index >= 15 is 0 Å². The van der Waals surface area contributed by atoms with Crippen LogP contribution in [-0.4, -0.2) is 64.5 Å².